The number of benzene rings is 2. The third-order valence-electron chi connectivity index (χ3n) is 3.73. The van der Waals surface area contributed by atoms with Crippen molar-refractivity contribution >= 4 is 5.69 Å². The first-order valence-electron chi connectivity index (χ1n) is 7.43. The molecule has 0 radical (unpaired) electrons. The van der Waals surface area contributed by atoms with E-state index >= 15 is 0 Å². The monoisotopic (exact) mass is 331 g/mol. The van der Waals surface area contributed by atoms with E-state index in [9.17, 15) is 15.4 Å². The minimum absolute atomic E-state index is 0.0431. The van der Waals surface area contributed by atoms with Crippen LogP contribution in [-0.4, -0.2) is 17.0 Å². The molecular formula is C19H13N3O3. The van der Waals surface area contributed by atoms with Crippen LogP contribution < -0.4 is 4.74 Å². The number of nitriles is 1. The Kier molecular flexibility index (Phi) is 4.40. The molecule has 122 valence electrons. The van der Waals surface area contributed by atoms with Gasteiger partial charge in [-0.2, -0.15) is 5.26 Å². The van der Waals surface area contributed by atoms with Gasteiger partial charge >= 0.3 is 0 Å². The van der Waals surface area contributed by atoms with Crippen molar-refractivity contribution in [1.82, 2.24) is 4.98 Å². The van der Waals surface area contributed by atoms with Gasteiger partial charge in [0.05, 0.1) is 17.7 Å². The van der Waals surface area contributed by atoms with Crippen LogP contribution in [0.4, 0.5) is 5.69 Å². The number of aromatic nitrogens is 1. The maximum atomic E-state index is 11.1. The zero-order chi connectivity index (χ0) is 17.8. The summed E-state index contributed by atoms with van der Waals surface area (Å²) in [5.41, 5.74) is 2.77. The lowest BCUT2D eigenvalue weighted by Gasteiger charge is -2.11. The quantitative estimate of drug-likeness (QED) is 0.528. The minimum Gasteiger partial charge on any atom is -0.480 e. The Hall–Kier alpha value is -3.72. The van der Waals surface area contributed by atoms with Crippen molar-refractivity contribution in [3.63, 3.8) is 0 Å². The van der Waals surface area contributed by atoms with Crippen molar-refractivity contribution in [3.05, 3.63) is 76.3 Å². The first-order chi connectivity index (χ1) is 12.1. The molecule has 0 fully saturated rings. The molecule has 0 bridgehead atoms. The minimum atomic E-state index is -0.466. The van der Waals surface area contributed by atoms with Crippen LogP contribution in [0.1, 0.15) is 5.56 Å². The van der Waals surface area contributed by atoms with E-state index in [1.165, 1.54) is 19.2 Å². The number of nitrogens with zero attached hydrogens (tertiary/aromatic N) is 3. The van der Waals surface area contributed by atoms with Crippen LogP contribution in [0.2, 0.25) is 0 Å². The van der Waals surface area contributed by atoms with Crippen LogP contribution in [0, 0.1) is 21.4 Å². The predicted molar refractivity (Wildman–Crippen MR) is 93.0 cm³/mol. The van der Waals surface area contributed by atoms with Crippen LogP contribution in [0.3, 0.4) is 0 Å². The average molecular weight is 331 g/mol. The smallest absolute Gasteiger partial charge is 0.270 e. The molecule has 1 aromatic heterocycles. The molecule has 0 saturated carbocycles. The first-order valence-corrected chi connectivity index (χ1v) is 7.43. The summed E-state index contributed by atoms with van der Waals surface area (Å²) >= 11 is 0. The Balaban J connectivity index is 2.26. The molecule has 0 amide bonds. The molecule has 0 aliphatic heterocycles. The topological polar surface area (TPSA) is 89.1 Å². The second-order valence-corrected chi connectivity index (χ2v) is 5.22. The summed E-state index contributed by atoms with van der Waals surface area (Å²) in [6.07, 6.45) is 0. The summed E-state index contributed by atoms with van der Waals surface area (Å²) in [5, 5.41) is 20.6. The van der Waals surface area contributed by atoms with E-state index in [1.807, 2.05) is 30.3 Å². The molecule has 6 nitrogen and oxygen atoms in total. The van der Waals surface area contributed by atoms with Crippen LogP contribution in [0.15, 0.2) is 60.7 Å². The van der Waals surface area contributed by atoms with E-state index in [0.717, 1.165) is 5.56 Å². The number of nitro benzene ring substituents is 1. The molecule has 0 saturated heterocycles. The fraction of sp³-hybridized carbons (Fsp3) is 0.0526. The van der Waals surface area contributed by atoms with Gasteiger partial charge in [0.25, 0.3) is 5.69 Å². The fourth-order valence-electron chi connectivity index (χ4n) is 2.55. The average Bonchev–Trinajstić information content (AvgIpc) is 2.67. The van der Waals surface area contributed by atoms with E-state index in [0.29, 0.717) is 16.8 Å². The molecule has 6 heteroatoms. The second kappa shape index (κ2) is 6.81. The van der Waals surface area contributed by atoms with E-state index in [2.05, 4.69) is 11.1 Å². The SMILES string of the molecule is COc1nc(-c2ccccc2)cc(-c2cccc([N+](=O)[O-])c2)c1C#N. The number of rotatable bonds is 4. The van der Waals surface area contributed by atoms with Crippen molar-refractivity contribution < 1.29 is 9.66 Å². The van der Waals surface area contributed by atoms with Crippen molar-refractivity contribution in [2.75, 3.05) is 7.11 Å². The number of nitro groups is 1. The molecular weight excluding hydrogens is 318 g/mol. The lowest BCUT2D eigenvalue weighted by Crippen LogP contribution is -1.98. The molecule has 0 aliphatic carbocycles. The number of pyridine rings is 1. The zero-order valence-corrected chi connectivity index (χ0v) is 13.3. The fourth-order valence-corrected chi connectivity index (χ4v) is 2.55. The van der Waals surface area contributed by atoms with Crippen molar-refractivity contribution in [2.24, 2.45) is 0 Å². The lowest BCUT2D eigenvalue weighted by atomic mass is 9.98. The highest BCUT2D eigenvalue weighted by atomic mass is 16.6. The zero-order valence-electron chi connectivity index (χ0n) is 13.3. The molecule has 0 unspecified atom stereocenters. The van der Waals surface area contributed by atoms with Gasteiger partial charge in [-0.25, -0.2) is 4.98 Å². The maximum absolute atomic E-state index is 11.1. The summed E-state index contributed by atoms with van der Waals surface area (Å²) in [6.45, 7) is 0. The lowest BCUT2D eigenvalue weighted by molar-refractivity contribution is -0.384. The Morgan fingerprint density at radius 1 is 1.08 bits per heavy atom. The van der Waals surface area contributed by atoms with Crippen molar-refractivity contribution in [2.45, 2.75) is 0 Å². The van der Waals surface area contributed by atoms with Gasteiger partial charge in [0.2, 0.25) is 5.88 Å². The standard InChI is InChI=1S/C19H13N3O3/c1-25-19-17(12-20)16(14-8-5-9-15(10-14)22(23)24)11-18(21-19)13-6-3-2-4-7-13/h2-11H,1H3. The summed E-state index contributed by atoms with van der Waals surface area (Å²) in [6, 6.07) is 19.4. The molecule has 0 aliphatic rings. The van der Waals surface area contributed by atoms with Crippen molar-refractivity contribution in [1.29, 1.82) is 5.26 Å². The van der Waals surface area contributed by atoms with Crippen LogP contribution in [-0.2, 0) is 0 Å². The molecule has 1 heterocycles. The van der Waals surface area contributed by atoms with Gasteiger partial charge < -0.3 is 4.74 Å². The van der Waals surface area contributed by atoms with Crippen LogP contribution in [0.25, 0.3) is 22.4 Å². The molecule has 0 N–H and O–H groups in total. The molecule has 3 rings (SSSR count). The van der Waals surface area contributed by atoms with E-state index in [1.54, 1.807) is 18.2 Å². The van der Waals surface area contributed by atoms with Gasteiger partial charge in [0, 0.05) is 23.3 Å². The number of methoxy groups -OCH3 is 1. The number of ether oxygens (including phenoxy) is 1. The number of non-ortho nitro benzene ring substituents is 1. The Bertz CT molecular complexity index is 979. The number of hydrogen-bond donors (Lipinski definition) is 0. The Labute approximate surface area is 144 Å². The molecule has 0 atom stereocenters. The second-order valence-electron chi connectivity index (χ2n) is 5.22. The van der Waals surface area contributed by atoms with E-state index < -0.39 is 4.92 Å². The maximum Gasteiger partial charge on any atom is 0.270 e. The predicted octanol–water partition coefficient (Wildman–Crippen LogP) is 4.20. The van der Waals surface area contributed by atoms with Gasteiger partial charge in [-0.05, 0) is 11.6 Å². The summed E-state index contributed by atoms with van der Waals surface area (Å²) < 4.78 is 5.27. The third-order valence-corrected chi connectivity index (χ3v) is 3.73. The largest absolute Gasteiger partial charge is 0.480 e. The molecule has 0 spiro atoms. The Morgan fingerprint density at radius 3 is 2.44 bits per heavy atom. The first kappa shape index (κ1) is 16.1. The highest BCUT2D eigenvalue weighted by molar-refractivity contribution is 5.78. The summed E-state index contributed by atoms with van der Waals surface area (Å²) in [4.78, 5) is 15.0. The van der Waals surface area contributed by atoms with Gasteiger partial charge in [-0.15, -0.1) is 0 Å². The van der Waals surface area contributed by atoms with Gasteiger partial charge in [-0.3, -0.25) is 10.1 Å². The summed E-state index contributed by atoms with van der Waals surface area (Å²) in [5.74, 6) is 0.186. The van der Waals surface area contributed by atoms with E-state index in [4.69, 9.17) is 4.74 Å². The normalized spacial score (nSPS) is 10.1. The van der Waals surface area contributed by atoms with Gasteiger partial charge in [0.1, 0.15) is 11.6 Å². The third kappa shape index (κ3) is 3.16. The molecule has 2 aromatic carbocycles. The number of hydrogen-bond acceptors (Lipinski definition) is 5. The summed E-state index contributed by atoms with van der Waals surface area (Å²) in [7, 11) is 1.44. The van der Waals surface area contributed by atoms with Gasteiger partial charge in [0.15, 0.2) is 0 Å². The highest BCUT2D eigenvalue weighted by Crippen LogP contribution is 2.34. The van der Waals surface area contributed by atoms with Crippen molar-refractivity contribution in [3.8, 4) is 34.3 Å². The molecule has 3 aromatic rings. The van der Waals surface area contributed by atoms with Gasteiger partial charge in [-0.1, -0.05) is 42.5 Å². The molecule has 25 heavy (non-hydrogen) atoms. The van der Waals surface area contributed by atoms with Crippen LogP contribution >= 0.6 is 0 Å². The highest BCUT2D eigenvalue weighted by Gasteiger charge is 2.17. The Morgan fingerprint density at radius 2 is 1.80 bits per heavy atom. The van der Waals surface area contributed by atoms with E-state index in [-0.39, 0.29) is 17.1 Å². The van der Waals surface area contributed by atoms with Crippen LogP contribution in [0.5, 0.6) is 5.88 Å².